The topological polar surface area (TPSA) is 273 Å². The molecule has 0 radical (unpaired) electrons. The molecule has 3 aliphatic rings. The lowest BCUT2D eigenvalue weighted by Crippen LogP contribution is -2.62. The molecule has 53 heavy (non-hydrogen) atoms. The second-order valence-electron chi connectivity index (χ2n) is 13.4. The molecule has 3 aromatic carbocycles. The molecule has 0 saturated carbocycles. The van der Waals surface area contributed by atoms with Gasteiger partial charge in [0.1, 0.15) is 47.4 Å². The molecule has 6 rings (SSSR count). The van der Waals surface area contributed by atoms with Crippen LogP contribution in [0.25, 0.3) is 11.1 Å². The van der Waals surface area contributed by atoms with Crippen molar-refractivity contribution in [2.45, 2.75) is 62.7 Å². The summed E-state index contributed by atoms with van der Waals surface area (Å²) in [6, 6.07) is 2.23. The normalized spacial score (nSPS) is 25.2. The number of likely N-dealkylation sites (N-methyl/N-ethyl adjacent to an activating group) is 1. The molecule has 9 N–H and O–H groups in total. The van der Waals surface area contributed by atoms with Crippen LogP contribution in [0.3, 0.4) is 0 Å². The number of amides is 1. The Hall–Kier alpha value is -5.14. The summed E-state index contributed by atoms with van der Waals surface area (Å²) in [6.07, 6.45) is -8.81. The Labute approximate surface area is 301 Å². The minimum absolute atomic E-state index is 0.0106. The number of benzene rings is 3. The first-order valence-corrected chi connectivity index (χ1v) is 16.4. The fourth-order valence-electron chi connectivity index (χ4n) is 7.49. The molecule has 1 aliphatic heterocycles. The Balaban J connectivity index is 1.58. The average molecular weight is 739 g/mol. The van der Waals surface area contributed by atoms with Crippen molar-refractivity contribution >= 4 is 23.4 Å². The molecule has 1 heterocycles. The Morgan fingerprint density at radius 2 is 1.53 bits per heavy atom. The summed E-state index contributed by atoms with van der Waals surface area (Å²) in [4.78, 5) is 54.5. The minimum atomic E-state index is -1.83. The molecule has 1 fully saturated rings. The fourth-order valence-corrected chi connectivity index (χ4v) is 7.49. The molecule has 2 aliphatic carbocycles. The Morgan fingerprint density at radius 3 is 2.13 bits per heavy atom. The second kappa shape index (κ2) is 13.7. The van der Waals surface area contributed by atoms with Crippen LogP contribution in [0.15, 0.2) is 24.3 Å². The number of phenolic OH excluding ortho intramolecular Hbond substituents is 3. The number of hydrogen-bond donors (Lipinski definition) is 9. The van der Waals surface area contributed by atoms with E-state index in [1.807, 2.05) is 0 Å². The zero-order valence-electron chi connectivity index (χ0n) is 29.0. The van der Waals surface area contributed by atoms with Gasteiger partial charge in [0, 0.05) is 28.3 Å². The van der Waals surface area contributed by atoms with Crippen molar-refractivity contribution in [3.63, 3.8) is 0 Å². The molecule has 3 aromatic rings. The number of carboxylic acids is 1. The van der Waals surface area contributed by atoms with Gasteiger partial charge in [-0.05, 0) is 56.8 Å². The highest BCUT2D eigenvalue weighted by molar-refractivity contribution is 6.31. The number of carboxylic acid groups (broad SMARTS) is 1. The number of hydrogen-bond acceptors (Lipinski definition) is 15. The molecule has 17 nitrogen and oxygen atoms in total. The van der Waals surface area contributed by atoms with E-state index < -0.39 is 124 Å². The molecule has 0 aromatic heterocycles. The number of nitrogens with one attached hydrogen (secondary N) is 1. The summed E-state index contributed by atoms with van der Waals surface area (Å²) in [5, 5.41) is 89.6. The quantitative estimate of drug-likeness (QED) is 0.117. The third-order valence-corrected chi connectivity index (χ3v) is 9.99. The van der Waals surface area contributed by atoms with E-state index in [1.165, 1.54) is 26.2 Å². The predicted octanol–water partition coefficient (Wildman–Crippen LogP) is 0.240. The monoisotopic (exact) mass is 738 g/mol. The smallest absolute Gasteiger partial charge is 0.328 e. The van der Waals surface area contributed by atoms with E-state index >= 15 is 0 Å². The molecule has 282 valence electrons. The van der Waals surface area contributed by atoms with Gasteiger partial charge < -0.3 is 65.3 Å². The van der Waals surface area contributed by atoms with Gasteiger partial charge in [-0.15, -0.1) is 0 Å². The van der Waals surface area contributed by atoms with Gasteiger partial charge in [0.15, 0.2) is 23.9 Å². The number of carbonyl (C=O) groups is 4. The first-order chi connectivity index (χ1) is 24.9. The molecular formula is C36H38N2O15. The van der Waals surface area contributed by atoms with Crippen LogP contribution in [-0.2, 0) is 14.3 Å². The predicted molar refractivity (Wildman–Crippen MR) is 180 cm³/mol. The highest BCUT2D eigenvalue weighted by Crippen LogP contribution is 2.57. The van der Waals surface area contributed by atoms with E-state index in [4.69, 9.17) is 14.2 Å². The number of rotatable bonds is 8. The second-order valence-corrected chi connectivity index (χ2v) is 13.4. The summed E-state index contributed by atoms with van der Waals surface area (Å²) in [5.41, 5.74) is -3.32. The van der Waals surface area contributed by atoms with Crippen LogP contribution in [0.1, 0.15) is 78.0 Å². The standard InChI is InChI=1S/C36H38N2O15/c1-11-6-17-23(29(44)20(11)34(48)37-18(10-39)35(49)50)22-15(28(43)33(17)53-36-32(47)31(46)25(38(3)4)12(2)52-36)9-16-24(30(22)45)27(42)14-7-13(51-5)8-19(40)21(14)26(16)41/h6-9,12,18,25,28,31-33,36,39-40,43-47H,10H2,1-5H3,(H,37,48)(H,49,50)/t12-,18?,25+,28?,31+,32-,33?,36+/m1/s1. The van der Waals surface area contributed by atoms with Crippen LogP contribution >= 0.6 is 0 Å². The van der Waals surface area contributed by atoms with E-state index in [1.54, 1.807) is 25.9 Å². The van der Waals surface area contributed by atoms with E-state index in [9.17, 15) is 60.0 Å². The van der Waals surface area contributed by atoms with Crippen LogP contribution in [0.2, 0.25) is 0 Å². The summed E-state index contributed by atoms with van der Waals surface area (Å²) in [5.74, 6) is -6.87. The minimum Gasteiger partial charge on any atom is -0.507 e. The highest BCUT2D eigenvalue weighted by Gasteiger charge is 2.49. The third-order valence-electron chi connectivity index (χ3n) is 9.99. The zero-order chi connectivity index (χ0) is 39.0. The lowest BCUT2D eigenvalue weighted by molar-refractivity contribution is -0.302. The molecule has 17 heteroatoms. The molecule has 8 atom stereocenters. The lowest BCUT2D eigenvalue weighted by atomic mass is 9.74. The first-order valence-electron chi connectivity index (χ1n) is 16.4. The van der Waals surface area contributed by atoms with Gasteiger partial charge in [-0.25, -0.2) is 4.79 Å². The summed E-state index contributed by atoms with van der Waals surface area (Å²) >= 11 is 0. The summed E-state index contributed by atoms with van der Waals surface area (Å²) in [7, 11) is 4.62. The number of aromatic hydroxyl groups is 3. The van der Waals surface area contributed by atoms with E-state index in [0.717, 1.165) is 12.1 Å². The number of ether oxygens (including phenoxy) is 3. The van der Waals surface area contributed by atoms with Gasteiger partial charge in [-0.1, -0.05) is 6.07 Å². The number of fused-ring (bicyclic) bond motifs is 5. The van der Waals surface area contributed by atoms with Crippen LogP contribution in [0.5, 0.6) is 23.0 Å². The van der Waals surface area contributed by atoms with E-state index in [-0.39, 0.29) is 33.6 Å². The number of carbonyl (C=O) groups excluding carboxylic acids is 3. The number of methoxy groups -OCH3 is 1. The van der Waals surface area contributed by atoms with Gasteiger partial charge in [-0.2, -0.15) is 0 Å². The van der Waals surface area contributed by atoms with Crippen LogP contribution < -0.4 is 10.1 Å². The van der Waals surface area contributed by atoms with Gasteiger partial charge in [0.05, 0.1) is 42.6 Å². The van der Waals surface area contributed by atoms with E-state index in [0.29, 0.717) is 0 Å². The maximum Gasteiger partial charge on any atom is 0.328 e. The third kappa shape index (κ3) is 5.86. The highest BCUT2D eigenvalue weighted by atomic mass is 16.7. The molecule has 1 amide bonds. The van der Waals surface area contributed by atoms with Gasteiger partial charge in [0.25, 0.3) is 5.91 Å². The first kappa shape index (κ1) is 37.6. The van der Waals surface area contributed by atoms with Crippen molar-refractivity contribution in [2.75, 3.05) is 27.8 Å². The SMILES string of the molecule is COc1cc(O)c2c(c1)C(=O)c1c(cc3c(c1O)-c1c(cc(C)c(C(=O)NC(CO)C(=O)O)c1O)C(O[C@@H]1O[C@H](C)[C@H](N(C)C)[C@H](O)[C@H]1O)C3O)C2=O. The van der Waals surface area contributed by atoms with Gasteiger partial charge in [0.2, 0.25) is 0 Å². The zero-order valence-corrected chi connectivity index (χ0v) is 29.0. The molecule has 3 unspecified atom stereocenters. The van der Waals surface area contributed by atoms with Crippen molar-refractivity contribution in [2.24, 2.45) is 0 Å². The number of nitrogens with zero attached hydrogens (tertiary/aromatic N) is 1. The van der Waals surface area contributed by atoms with Gasteiger partial charge >= 0.3 is 5.97 Å². The number of aryl methyl sites for hydroxylation is 1. The number of aliphatic hydroxyl groups excluding tert-OH is 4. The number of phenols is 3. The van der Waals surface area contributed by atoms with E-state index in [2.05, 4.69) is 5.32 Å². The molecule has 0 bridgehead atoms. The van der Waals surface area contributed by atoms with Gasteiger partial charge in [-0.3, -0.25) is 14.4 Å². The number of aliphatic carboxylic acids is 1. The lowest BCUT2D eigenvalue weighted by Gasteiger charge is -2.46. The Bertz CT molecular complexity index is 2060. The van der Waals surface area contributed by atoms with Crippen molar-refractivity contribution < 1.29 is 74.2 Å². The summed E-state index contributed by atoms with van der Waals surface area (Å²) in [6.45, 7) is 2.00. The van der Waals surface area contributed by atoms with Crippen LogP contribution in [-0.4, -0.2) is 134 Å². The molecule has 0 spiro atoms. The van der Waals surface area contributed by atoms with Crippen molar-refractivity contribution in [3.05, 3.63) is 68.8 Å². The maximum absolute atomic E-state index is 14.0. The van der Waals surface area contributed by atoms with Crippen LogP contribution in [0.4, 0.5) is 0 Å². The van der Waals surface area contributed by atoms with Crippen molar-refractivity contribution in [1.82, 2.24) is 10.2 Å². The summed E-state index contributed by atoms with van der Waals surface area (Å²) < 4.78 is 17.2. The van der Waals surface area contributed by atoms with Crippen LogP contribution in [0, 0.1) is 6.92 Å². The Kier molecular flexibility index (Phi) is 9.71. The van der Waals surface area contributed by atoms with Crippen molar-refractivity contribution in [1.29, 1.82) is 0 Å². The van der Waals surface area contributed by atoms with Crippen molar-refractivity contribution in [3.8, 4) is 34.1 Å². The largest absolute Gasteiger partial charge is 0.507 e. The fraction of sp³-hybridized carbons (Fsp3) is 0.389. The Morgan fingerprint density at radius 1 is 0.906 bits per heavy atom. The molecule has 1 saturated heterocycles. The number of aliphatic hydroxyl groups is 4. The molecular weight excluding hydrogens is 700 g/mol. The maximum atomic E-state index is 14.0. The number of ketones is 2. The average Bonchev–Trinajstić information content (AvgIpc) is 3.09.